The summed E-state index contributed by atoms with van der Waals surface area (Å²) >= 11 is 0. The van der Waals surface area contributed by atoms with Crippen molar-refractivity contribution in [3.63, 3.8) is 0 Å². The lowest BCUT2D eigenvalue weighted by Crippen LogP contribution is -2.29. The zero-order valence-corrected chi connectivity index (χ0v) is 17.1. The van der Waals surface area contributed by atoms with E-state index in [1.54, 1.807) is 0 Å². The van der Waals surface area contributed by atoms with E-state index in [2.05, 4.69) is 53.6 Å². The van der Waals surface area contributed by atoms with Gasteiger partial charge in [-0.05, 0) is 74.9 Å². The van der Waals surface area contributed by atoms with Crippen LogP contribution in [0.2, 0.25) is 0 Å². The van der Waals surface area contributed by atoms with Crippen molar-refractivity contribution in [3.8, 4) is 11.4 Å². The molecule has 3 N–H and O–H groups in total. The number of anilines is 1. The Morgan fingerprint density at radius 1 is 0.967 bits per heavy atom. The number of H-pyrrole nitrogens is 2. The van der Waals surface area contributed by atoms with E-state index in [0.29, 0.717) is 5.92 Å². The van der Waals surface area contributed by atoms with E-state index in [4.69, 9.17) is 0 Å². The molecule has 7 nitrogen and oxygen atoms in total. The fraction of sp³-hybridized carbons (Fsp3) is 0.435. The van der Waals surface area contributed by atoms with Gasteiger partial charge in [0, 0.05) is 41.9 Å². The number of nitrogens with one attached hydrogen (secondary N) is 3. The summed E-state index contributed by atoms with van der Waals surface area (Å²) in [7, 11) is 0. The lowest BCUT2D eigenvalue weighted by molar-refractivity contribution is 0.460. The number of hydrogen-bond acceptors (Lipinski definition) is 5. The minimum absolute atomic E-state index is 0.570. The monoisotopic (exact) mass is 401 g/mol. The van der Waals surface area contributed by atoms with Crippen molar-refractivity contribution in [2.75, 3.05) is 31.1 Å². The van der Waals surface area contributed by atoms with Crippen LogP contribution in [0.5, 0.6) is 0 Å². The van der Waals surface area contributed by atoms with E-state index >= 15 is 0 Å². The summed E-state index contributed by atoms with van der Waals surface area (Å²) < 4.78 is 0. The first kappa shape index (κ1) is 17.9. The first-order valence-corrected chi connectivity index (χ1v) is 11.1. The van der Waals surface area contributed by atoms with Gasteiger partial charge < -0.3 is 15.2 Å². The molecule has 2 aliphatic rings. The van der Waals surface area contributed by atoms with Crippen molar-refractivity contribution in [1.29, 1.82) is 0 Å². The molecule has 0 aromatic carbocycles. The SMILES string of the molecule is c1cc(N2CCCCC2)c2cc(-c3[nH]nc4ncc(C5CCNCC5)cc34)[nH]c2n1. The number of rotatable bonds is 3. The molecule has 0 saturated carbocycles. The van der Waals surface area contributed by atoms with Crippen molar-refractivity contribution in [3.05, 3.63) is 36.2 Å². The Bertz CT molecular complexity index is 1180. The highest BCUT2D eigenvalue weighted by atomic mass is 15.2. The van der Waals surface area contributed by atoms with E-state index in [1.165, 1.54) is 35.9 Å². The molecule has 2 saturated heterocycles. The van der Waals surface area contributed by atoms with Crippen molar-refractivity contribution in [2.24, 2.45) is 0 Å². The van der Waals surface area contributed by atoms with Gasteiger partial charge in [-0.25, -0.2) is 9.97 Å². The molecule has 0 spiro atoms. The number of piperidine rings is 2. The summed E-state index contributed by atoms with van der Waals surface area (Å²) in [5.41, 5.74) is 6.31. The summed E-state index contributed by atoms with van der Waals surface area (Å²) in [4.78, 5) is 15.3. The Morgan fingerprint density at radius 2 is 1.83 bits per heavy atom. The van der Waals surface area contributed by atoms with Gasteiger partial charge >= 0.3 is 0 Å². The average Bonchev–Trinajstić information content (AvgIpc) is 3.43. The molecule has 0 aliphatic carbocycles. The molecular formula is C23H27N7. The molecule has 0 bridgehead atoms. The highest BCUT2D eigenvalue weighted by Crippen LogP contribution is 2.34. The van der Waals surface area contributed by atoms with E-state index in [0.717, 1.165) is 67.1 Å². The van der Waals surface area contributed by atoms with Gasteiger partial charge in [0.2, 0.25) is 0 Å². The van der Waals surface area contributed by atoms with Crippen molar-refractivity contribution in [1.82, 2.24) is 30.5 Å². The number of fused-ring (bicyclic) bond motifs is 2. The standard InChI is InChI=1S/C23H27N7/c1-2-10-30(11-3-1)20-6-9-25-22-17(20)13-19(27-22)21-18-12-16(14-26-23(18)29-28-21)15-4-7-24-8-5-15/h6,9,12-15,24H,1-5,7-8,10-11H2,(H,25,27)(H,26,28,29). The lowest BCUT2D eigenvalue weighted by atomic mass is 9.91. The highest BCUT2D eigenvalue weighted by Gasteiger charge is 2.20. The van der Waals surface area contributed by atoms with E-state index in [1.807, 2.05) is 12.4 Å². The number of hydrogen-bond donors (Lipinski definition) is 3. The molecule has 2 aliphatic heterocycles. The largest absolute Gasteiger partial charge is 0.371 e. The van der Waals surface area contributed by atoms with Crippen molar-refractivity contribution < 1.29 is 0 Å². The molecule has 0 radical (unpaired) electrons. The Morgan fingerprint density at radius 3 is 2.70 bits per heavy atom. The molecule has 154 valence electrons. The van der Waals surface area contributed by atoms with Gasteiger partial charge in [0.15, 0.2) is 5.65 Å². The Kier molecular flexibility index (Phi) is 4.41. The summed E-state index contributed by atoms with van der Waals surface area (Å²) in [6, 6.07) is 6.64. The van der Waals surface area contributed by atoms with Crippen LogP contribution in [-0.4, -0.2) is 51.3 Å². The molecule has 0 atom stereocenters. The number of nitrogens with zero attached hydrogens (tertiary/aromatic N) is 4. The smallest absolute Gasteiger partial charge is 0.181 e. The lowest BCUT2D eigenvalue weighted by Gasteiger charge is -2.29. The van der Waals surface area contributed by atoms with Gasteiger partial charge in [0.25, 0.3) is 0 Å². The molecule has 7 heteroatoms. The fourth-order valence-corrected chi connectivity index (χ4v) is 5.06. The maximum absolute atomic E-state index is 4.65. The molecule has 30 heavy (non-hydrogen) atoms. The van der Waals surface area contributed by atoms with Crippen molar-refractivity contribution >= 4 is 27.8 Å². The molecular weight excluding hydrogens is 374 g/mol. The number of aromatic nitrogens is 5. The van der Waals surface area contributed by atoms with Crippen LogP contribution in [0, 0.1) is 0 Å². The topological polar surface area (TPSA) is 85.5 Å². The third-order valence-electron chi connectivity index (χ3n) is 6.72. The molecule has 6 heterocycles. The first-order chi connectivity index (χ1) is 14.9. The van der Waals surface area contributed by atoms with Crippen LogP contribution in [0.1, 0.15) is 43.6 Å². The van der Waals surface area contributed by atoms with Crippen LogP contribution >= 0.6 is 0 Å². The first-order valence-electron chi connectivity index (χ1n) is 11.1. The molecule has 0 unspecified atom stereocenters. The second-order valence-corrected chi connectivity index (χ2v) is 8.59. The van der Waals surface area contributed by atoms with Gasteiger partial charge in [-0.2, -0.15) is 5.10 Å². The quantitative estimate of drug-likeness (QED) is 0.484. The third-order valence-corrected chi connectivity index (χ3v) is 6.72. The minimum Gasteiger partial charge on any atom is -0.371 e. The predicted molar refractivity (Wildman–Crippen MR) is 120 cm³/mol. The fourth-order valence-electron chi connectivity index (χ4n) is 5.06. The van der Waals surface area contributed by atoms with E-state index < -0.39 is 0 Å². The van der Waals surface area contributed by atoms with Crippen molar-refractivity contribution in [2.45, 2.75) is 38.0 Å². The van der Waals surface area contributed by atoms with Crippen LogP contribution in [-0.2, 0) is 0 Å². The maximum Gasteiger partial charge on any atom is 0.181 e. The number of pyridine rings is 2. The summed E-state index contributed by atoms with van der Waals surface area (Å²) in [5, 5.41) is 13.4. The Balaban J connectivity index is 1.42. The third kappa shape index (κ3) is 3.04. The van der Waals surface area contributed by atoms with Crippen LogP contribution in [0.25, 0.3) is 33.5 Å². The highest BCUT2D eigenvalue weighted by molar-refractivity contribution is 5.97. The second-order valence-electron chi connectivity index (χ2n) is 8.59. The number of aromatic amines is 2. The Hall–Kier alpha value is -2.93. The average molecular weight is 402 g/mol. The van der Waals surface area contributed by atoms with E-state index in [-0.39, 0.29) is 0 Å². The molecule has 6 rings (SSSR count). The van der Waals surface area contributed by atoms with Crippen LogP contribution < -0.4 is 10.2 Å². The van der Waals surface area contributed by atoms with Gasteiger partial charge in [-0.1, -0.05) is 0 Å². The Labute approximate surface area is 175 Å². The zero-order valence-electron chi connectivity index (χ0n) is 17.1. The molecule has 2 fully saturated rings. The maximum atomic E-state index is 4.65. The van der Waals surface area contributed by atoms with Crippen LogP contribution in [0.15, 0.2) is 30.6 Å². The zero-order chi connectivity index (χ0) is 19.9. The molecule has 0 amide bonds. The summed E-state index contributed by atoms with van der Waals surface area (Å²) in [5.74, 6) is 0.570. The van der Waals surface area contributed by atoms with Gasteiger partial charge in [-0.3, -0.25) is 5.10 Å². The van der Waals surface area contributed by atoms with E-state index in [9.17, 15) is 0 Å². The van der Waals surface area contributed by atoms with Gasteiger partial charge in [-0.15, -0.1) is 0 Å². The molecule has 4 aromatic rings. The predicted octanol–water partition coefficient (Wildman–Crippen LogP) is 3.96. The summed E-state index contributed by atoms with van der Waals surface area (Å²) in [6.45, 7) is 4.40. The minimum atomic E-state index is 0.570. The van der Waals surface area contributed by atoms with Gasteiger partial charge in [0.05, 0.1) is 11.4 Å². The second kappa shape index (κ2) is 7.40. The normalized spacial score (nSPS) is 18.5. The van der Waals surface area contributed by atoms with Gasteiger partial charge in [0.1, 0.15) is 5.65 Å². The van der Waals surface area contributed by atoms with Crippen LogP contribution in [0.4, 0.5) is 5.69 Å². The van der Waals surface area contributed by atoms with Crippen LogP contribution in [0.3, 0.4) is 0 Å². The molecule has 4 aromatic heterocycles. The summed E-state index contributed by atoms with van der Waals surface area (Å²) in [6.07, 6.45) is 10.1.